The maximum atomic E-state index is 11.9. The van der Waals surface area contributed by atoms with Gasteiger partial charge in [0, 0.05) is 25.7 Å². The number of benzene rings is 5. The van der Waals surface area contributed by atoms with Crippen LogP contribution in [0.2, 0.25) is 0 Å². The summed E-state index contributed by atoms with van der Waals surface area (Å²) in [5, 5.41) is 54.4. The van der Waals surface area contributed by atoms with E-state index < -0.39 is 0 Å². The van der Waals surface area contributed by atoms with Crippen LogP contribution < -0.4 is 0 Å². The molecule has 0 unspecified atom stereocenters. The normalized spacial score (nSPS) is 13.3. The highest BCUT2D eigenvalue weighted by atomic mass is 16.3. The first kappa shape index (κ1) is 33.5. The van der Waals surface area contributed by atoms with Gasteiger partial charge in [0.2, 0.25) is 0 Å². The van der Waals surface area contributed by atoms with Crippen LogP contribution in [-0.4, -0.2) is 25.5 Å². The molecule has 0 atom stereocenters. The van der Waals surface area contributed by atoms with Crippen LogP contribution in [0, 0.1) is 0 Å². The molecule has 0 saturated heterocycles. The van der Waals surface area contributed by atoms with Gasteiger partial charge in [0.25, 0.3) is 0 Å². The van der Waals surface area contributed by atoms with Gasteiger partial charge in [-0.3, -0.25) is 0 Å². The molecule has 250 valence electrons. The van der Waals surface area contributed by atoms with Crippen LogP contribution in [0.25, 0.3) is 12.2 Å². The lowest BCUT2D eigenvalue weighted by molar-refractivity contribution is 0.438. The monoisotopic (exact) mass is 652 g/mol. The van der Waals surface area contributed by atoms with Crippen molar-refractivity contribution in [3.8, 4) is 28.7 Å². The molecule has 1 fully saturated rings. The van der Waals surface area contributed by atoms with Crippen LogP contribution in [0.15, 0.2) is 98.1 Å². The largest absolute Gasteiger partial charge is 0.508 e. The summed E-state index contributed by atoms with van der Waals surface area (Å²) in [6.07, 6.45) is 10.9. The van der Waals surface area contributed by atoms with Crippen LogP contribution in [0.3, 0.4) is 0 Å². The van der Waals surface area contributed by atoms with E-state index in [-0.39, 0.29) is 28.7 Å². The molecule has 5 N–H and O–H groups in total. The molecular formula is C44H44O5. The molecule has 0 aromatic heterocycles. The Hall–Kier alpha value is -5.42. The van der Waals surface area contributed by atoms with Crippen molar-refractivity contribution in [3.63, 3.8) is 0 Å². The van der Waals surface area contributed by atoms with E-state index in [1.54, 1.807) is 36.4 Å². The van der Waals surface area contributed by atoms with Gasteiger partial charge in [0.15, 0.2) is 0 Å². The minimum atomic E-state index is 0.159. The maximum Gasteiger partial charge on any atom is 0.122 e. The highest BCUT2D eigenvalue weighted by Gasteiger charge is 2.22. The maximum absolute atomic E-state index is 11.9. The predicted molar refractivity (Wildman–Crippen MR) is 198 cm³/mol. The van der Waals surface area contributed by atoms with Crippen LogP contribution >= 0.6 is 0 Å². The molecule has 0 aliphatic heterocycles. The van der Waals surface area contributed by atoms with E-state index >= 15 is 0 Å². The molecule has 1 aliphatic carbocycles. The Bertz CT molecular complexity index is 1830. The number of hydrogen-bond acceptors (Lipinski definition) is 5. The lowest BCUT2D eigenvalue weighted by atomic mass is 9.81. The summed E-state index contributed by atoms with van der Waals surface area (Å²) in [6.45, 7) is 7.95. The summed E-state index contributed by atoms with van der Waals surface area (Å²) in [5.41, 5.74) is 9.17. The zero-order valence-corrected chi connectivity index (χ0v) is 27.8. The lowest BCUT2D eigenvalue weighted by Crippen LogP contribution is -2.07. The van der Waals surface area contributed by atoms with E-state index in [4.69, 9.17) is 0 Å². The van der Waals surface area contributed by atoms with Crippen molar-refractivity contribution in [3.05, 3.63) is 159 Å². The standard InChI is InChI=1S/C44H44O5/c1-3-28-18-34(22-30-10-14-40(45)15-11-30)42(47)36(20-28)26-38-24-33(32-8-6-5-7-9-32)25-39(44(38)49)27-37-21-29(4-2)19-35(43(37)48)23-31-12-16-41(46)17-13-31/h3-4,10-21,24-25,32,45-49H,1-2,5-9,22-23,26-27H2. The minimum absolute atomic E-state index is 0.159. The Morgan fingerprint density at radius 2 is 0.816 bits per heavy atom. The molecule has 1 aliphatic rings. The fourth-order valence-corrected chi connectivity index (χ4v) is 7.15. The fraction of sp³-hybridized carbons (Fsp3) is 0.227. The zero-order chi connectivity index (χ0) is 34.5. The van der Waals surface area contributed by atoms with E-state index in [9.17, 15) is 25.5 Å². The Morgan fingerprint density at radius 3 is 1.18 bits per heavy atom. The van der Waals surface area contributed by atoms with Crippen molar-refractivity contribution in [2.24, 2.45) is 0 Å². The molecule has 5 heteroatoms. The predicted octanol–water partition coefficient (Wildman–Crippen LogP) is 9.91. The third kappa shape index (κ3) is 7.84. The van der Waals surface area contributed by atoms with Crippen LogP contribution in [0.5, 0.6) is 28.7 Å². The van der Waals surface area contributed by atoms with Crippen molar-refractivity contribution in [1.82, 2.24) is 0 Å². The molecule has 0 heterocycles. The molecule has 5 aromatic carbocycles. The Labute approximate surface area is 288 Å². The third-order valence-electron chi connectivity index (χ3n) is 9.84. The van der Waals surface area contributed by atoms with Crippen molar-refractivity contribution in [2.45, 2.75) is 63.7 Å². The molecule has 0 bridgehead atoms. The summed E-state index contributed by atoms with van der Waals surface area (Å²) in [7, 11) is 0. The Kier molecular flexibility index (Phi) is 10.1. The van der Waals surface area contributed by atoms with Gasteiger partial charge in [-0.2, -0.15) is 0 Å². The highest BCUT2D eigenvalue weighted by Crippen LogP contribution is 2.40. The lowest BCUT2D eigenvalue weighted by Gasteiger charge is -2.24. The average molecular weight is 653 g/mol. The second-order valence-electron chi connectivity index (χ2n) is 13.3. The summed E-state index contributed by atoms with van der Waals surface area (Å²) in [5.74, 6) is 1.27. The van der Waals surface area contributed by atoms with Gasteiger partial charge < -0.3 is 25.5 Å². The Balaban J connectivity index is 1.39. The molecule has 1 saturated carbocycles. The molecular weight excluding hydrogens is 608 g/mol. The quantitative estimate of drug-likeness (QED) is 0.0978. The molecule has 5 nitrogen and oxygen atoms in total. The van der Waals surface area contributed by atoms with Crippen LogP contribution in [-0.2, 0) is 25.7 Å². The van der Waals surface area contributed by atoms with Gasteiger partial charge in [-0.25, -0.2) is 0 Å². The van der Waals surface area contributed by atoms with Crippen molar-refractivity contribution in [2.75, 3.05) is 0 Å². The molecule has 5 aromatic rings. The first-order chi connectivity index (χ1) is 23.7. The summed E-state index contributed by atoms with van der Waals surface area (Å²) < 4.78 is 0. The number of phenolic OH excluding ortho intramolecular Hbond substituents is 5. The van der Waals surface area contributed by atoms with Crippen LogP contribution in [0.1, 0.15) is 99.2 Å². The van der Waals surface area contributed by atoms with Crippen molar-refractivity contribution in [1.29, 1.82) is 0 Å². The molecule has 49 heavy (non-hydrogen) atoms. The first-order valence-corrected chi connectivity index (χ1v) is 17.1. The van der Waals surface area contributed by atoms with Gasteiger partial charge in [-0.15, -0.1) is 0 Å². The molecule has 6 rings (SSSR count). The third-order valence-corrected chi connectivity index (χ3v) is 9.84. The van der Waals surface area contributed by atoms with E-state index in [0.29, 0.717) is 42.7 Å². The van der Waals surface area contributed by atoms with Gasteiger partial charge >= 0.3 is 0 Å². The molecule has 0 radical (unpaired) electrons. The number of aromatic hydroxyl groups is 5. The van der Waals surface area contributed by atoms with Gasteiger partial charge in [0.05, 0.1) is 0 Å². The summed E-state index contributed by atoms with van der Waals surface area (Å²) in [6, 6.07) is 25.8. The number of phenols is 5. The van der Waals surface area contributed by atoms with E-state index in [1.807, 2.05) is 48.5 Å². The first-order valence-electron chi connectivity index (χ1n) is 17.1. The van der Waals surface area contributed by atoms with E-state index in [1.165, 1.54) is 24.8 Å². The van der Waals surface area contributed by atoms with Crippen molar-refractivity contribution >= 4 is 12.2 Å². The second kappa shape index (κ2) is 14.8. The summed E-state index contributed by atoms with van der Waals surface area (Å²) >= 11 is 0. The topological polar surface area (TPSA) is 101 Å². The number of rotatable bonds is 11. The average Bonchev–Trinajstić information content (AvgIpc) is 3.11. The Morgan fingerprint density at radius 1 is 0.469 bits per heavy atom. The van der Waals surface area contributed by atoms with Crippen LogP contribution in [0.4, 0.5) is 0 Å². The fourth-order valence-electron chi connectivity index (χ4n) is 7.15. The van der Waals surface area contributed by atoms with Gasteiger partial charge in [0.1, 0.15) is 28.7 Å². The highest BCUT2D eigenvalue weighted by molar-refractivity contribution is 5.60. The minimum Gasteiger partial charge on any atom is -0.508 e. The van der Waals surface area contributed by atoms with E-state index in [0.717, 1.165) is 57.3 Å². The van der Waals surface area contributed by atoms with Gasteiger partial charge in [-0.1, -0.05) is 81.0 Å². The second-order valence-corrected chi connectivity index (χ2v) is 13.3. The molecule has 0 amide bonds. The van der Waals surface area contributed by atoms with Gasteiger partial charge in [-0.05, 0) is 128 Å². The van der Waals surface area contributed by atoms with E-state index in [2.05, 4.69) is 25.3 Å². The smallest absolute Gasteiger partial charge is 0.122 e. The molecule has 0 spiro atoms. The SMILES string of the molecule is C=Cc1cc(Cc2ccc(O)cc2)c(O)c(Cc2cc(C3CCCCC3)cc(Cc3cc(C=C)cc(Cc4ccc(O)cc4)c3O)c2O)c1. The van der Waals surface area contributed by atoms with Crippen molar-refractivity contribution < 1.29 is 25.5 Å². The number of hydrogen-bond donors (Lipinski definition) is 5. The summed E-state index contributed by atoms with van der Waals surface area (Å²) in [4.78, 5) is 0. The zero-order valence-electron chi connectivity index (χ0n) is 27.8.